The van der Waals surface area contributed by atoms with Gasteiger partial charge in [-0.1, -0.05) is 13.3 Å². The Labute approximate surface area is 152 Å². The molecule has 0 spiro atoms. The lowest BCUT2D eigenvalue weighted by molar-refractivity contribution is 0.0436. The van der Waals surface area contributed by atoms with Crippen molar-refractivity contribution in [3.8, 4) is 0 Å². The molecule has 26 heavy (non-hydrogen) atoms. The monoisotopic (exact) mass is 379 g/mol. The lowest BCUT2D eigenvalue weighted by Gasteiger charge is -2.25. The van der Waals surface area contributed by atoms with Crippen LogP contribution in [0.2, 0.25) is 0 Å². The third kappa shape index (κ3) is 4.10. The molecule has 8 nitrogen and oxygen atoms in total. The quantitative estimate of drug-likeness (QED) is 0.709. The SMILES string of the molecule is CCc1nnc(COC(=O)c2ccc(S(=O)(=O)N3CCCCC3)cc2)o1. The van der Waals surface area contributed by atoms with Crippen molar-refractivity contribution in [1.29, 1.82) is 0 Å². The molecule has 1 fully saturated rings. The van der Waals surface area contributed by atoms with Crippen LogP contribution in [0.4, 0.5) is 0 Å². The smallest absolute Gasteiger partial charge is 0.338 e. The van der Waals surface area contributed by atoms with Gasteiger partial charge in [0.05, 0.1) is 10.5 Å². The van der Waals surface area contributed by atoms with Crippen molar-refractivity contribution in [1.82, 2.24) is 14.5 Å². The zero-order chi connectivity index (χ0) is 18.6. The molecule has 1 aromatic carbocycles. The van der Waals surface area contributed by atoms with Gasteiger partial charge in [0, 0.05) is 19.5 Å². The summed E-state index contributed by atoms with van der Waals surface area (Å²) in [4.78, 5) is 12.3. The van der Waals surface area contributed by atoms with Crippen LogP contribution < -0.4 is 0 Å². The van der Waals surface area contributed by atoms with Crippen molar-refractivity contribution in [2.75, 3.05) is 13.1 Å². The van der Waals surface area contributed by atoms with E-state index in [-0.39, 0.29) is 23.0 Å². The second kappa shape index (κ2) is 7.96. The summed E-state index contributed by atoms with van der Waals surface area (Å²) in [5.41, 5.74) is 0.262. The van der Waals surface area contributed by atoms with Gasteiger partial charge < -0.3 is 9.15 Å². The molecule has 0 atom stereocenters. The molecule has 0 unspecified atom stereocenters. The second-order valence-corrected chi connectivity index (χ2v) is 7.95. The lowest BCUT2D eigenvalue weighted by Crippen LogP contribution is -2.35. The van der Waals surface area contributed by atoms with Gasteiger partial charge in [0.1, 0.15) is 0 Å². The molecule has 3 rings (SSSR count). The largest absolute Gasteiger partial charge is 0.452 e. The number of carbonyl (C=O) groups is 1. The first-order valence-corrected chi connectivity index (χ1v) is 10.0. The summed E-state index contributed by atoms with van der Waals surface area (Å²) < 4.78 is 37.1. The van der Waals surface area contributed by atoms with E-state index in [1.807, 2.05) is 6.92 Å². The number of ether oxygens (including phenoxy) is 1. The molecule has 1 aliphatic rings. The number of benzene rings is 1. The van der Waals surface area contributed by atoms with Crippen LogP contribution in [0.1, 0.15) is 48.3 Å². The predicted molar refractivity (Wildman–Crippen MR) is 91.8 cm³/mol. The number of piperidine rings is 1. The van der Waals surface area contributed by atoms with Crippen LogP contribution in [-0.2, 0) is 27.8 Å². The zero-order valence-corrected chi connectivity index (χ0v) is 15.4. The first-order chi connectivity index (χ1) is 12.5. The standard InChI is InChI=1S/C17H21N3O5S/c1-2-15-18-19-16(25-15)12-24-17(21)13-6-8-14(9-7-13)26(22,23)20-10-4-3-5-11-20/h6-9H,2-5,10-12H2,1H3. The molecule has 140 valence electrons. The van der Waals surface area contributed by atoms with Gasteiger partial charge in [0.15, 0.2) is 6.61 Å². The Hall–Kier alpha value is -2.26. The van der Waals surface area contributed by atoms with Gasteiger partial charge >= 0.3 is 5.97 Å². The van der Waals surface area contributed by atoms with Crippen molar-refractivity contribution in [2.45, 2.75) is 44.1 Å². The fourth-order valence-electron chi connectivity index (χ4n) is 2.72. The first-order valence-electron chi connectivity index (χ1n) is 8.59. The molecule has 0 amide bonds. The van der Waals surface area contributed by atoms with Gasteiger partial charge in [-0.05, 0) is 37.1 Å². The number of carbonyl (C=O) groups excluding carboxylic acids is 1. The normalized spacial score (nSPS) is 15.7. The minimum atomic E-state index is -3.51. The third-order valence-electron chi connectivity index (χ3n) is 4.18. The Morgan fingerprint density at radius 1 is 1.12 bits per heavy atom. The molecule has 1 aromatic heterocycles. The molecule has 0 N–H and O–H groups in total. The molecule has 0 radical (unpaired) electrons. The minimum absolute atomic E-state index is 0.125. The number of aryl methyl sites for hydroxylation is 1. The van der Waals surface area contributed by atoms with E-state index >= 15 is 0 Å². The molecule has 0 bridgehead atoms. The number of aromatic nitrogens is 2. The molecule has 9 heteroatoms. The fourth-order valence-corrected chi connectivity index (χ4v) is 4.23. The van der Waals surface area contributed by atoms with Crippen molar-refractivity contribution in [3.63, 3.8) is 0 Å². The second-order valence-electron chi connectivity index (χ2n) is 6.01. The van der Waals surface area contributed by atoms with E-state index < -0.39 is 16.0 Å². The van der Waals surface area contributed by atoms with Crippen LogP contribution in [0.5, 0.6) is 0 Å². The molecule has 0 saturated carbocycles. The number of rotatable bonds is 6. The molecule has 2 heterocycles. The highest BCUT2D eigenvalue weighted by atomic mass is 32.2. The van der Waals surface area contributed by atoms with Crippen LogP contribution >= 0.6 is 0 Å². The summed E-state index contributed by atoms with van der Waals surface area (Å²) in [6.45, 7) is 2.83. The average molecular weight is 379 g/mol. The number of nitrogens with zero attached hydrogens (tertiary/aromatic N) is 3. The van der Waals surface area contributed by atoms with E-state index in [1.54, 1.807) is 0 Å². The van der Waals surface area contributed by atoms with Crippen molar-refractivity contribution in [2.24, 2.45) is 0 Å². The van der Waals surface area contributed by atoms with Crippen molar-refractivity contribution < 1.29 is 22.4 Å². The molecule has 2 aromatic rings. The maximum atomic E-state index is 12.6. The highest BCUT2D eigenvalue weighted by Crippen LogP contribution is 2.21. The summed E-state index contributed by atoms with van der Waals surface area (Å²) in [6, 6.07) is 5.76. The van der Waals surface area contributed by atoms with Gasteiger partial charge in [-0.15, -0.1) is 10.2 Å². The van der Waals surface area contributed by atoms with Crippen LogP contribution in [0.15, 0.2) is 33.6 Å². The van der Waals surface area contributed by atoms with Crippen LogP contribution in [-0.4, -0.2) is 42.0 Å². The van der Waals surface area contributed by atoms with E-state index in [0.29, 0.717) is 25.4 Å². The van der Waals surface area contributed by atoms with E-state index in [2.05, 4.69) is 10.2 Å². The minimum Gasteiger partial charge on any atom is -0.452 e. The van der Waals surface area contributed by atoms with Gasteiger partial charge in [-0.2, -0.15) is 4.31 Å². The van der Waals surface area contributed by atoms with E-state index in [1.165, 1.54) is 28.6 Å². The molecule has 1 aliphatic heterocycles. The van der Waals surface area contributed by atoms with Gasteiger partial charge in [-0.3, -0.25) is 0 Å². The Morgan fingerprint density at radius 3 is 2.38 bits per heavy atom. The highest BCUT2D eigenvalue weighted by molar-refractivity contribution is 7.89. The average Bonchev–Trinajstić information content (AvgIpc) is 3.15. The Kier molecular flexibility index (Phi) is 5.67. The Balaban J connectivity index is 1.63. The summed E-state index contributed by atoms with van der Waals surface area (Å²) >= 11 is 0. The van der Waals surface area contributed by atoms with E-state index in [4.69, 9.17) is 9.15 Å². The summed E-state index contributed by atoms with van der Waals surface area (Å²) in [6.07, 6.45) is 3.41. The fraction of sp³-hybridized carbons (Fsp3) is 0.471. The highest BCUT2D eigenvalue weighted by Gasteiger charge is 2.26. The number of hydrogen-bond donors (Lipinski definition) is 0. The van der Waals surface area contributed by atoms with E-state index in [0.717, 1.165) is 19.3 Å². The van der Waals surface area contributed by atoms with Gasteiger partial charge in [0.2, 0.25) is 15.9 Å². The number of sulfonamides is 1. The number of esters is 1. The van der Waals surface area contributed by atoms with E-state index in [9.17, 15) is 13.2 Å². The third-order valence-corrected chi connectivity index (χ3v) is 6.09. The topological polar surface area (TPSA) is 103 Å². The summed E-state index contributed by atoms with van der Waals surface area (Å²) in [7, 11) is -3.51. The summed E-state index contributed by atoms with van der Waals surface area (Å²) in [5, 5.41) is 7.56. The predicted octanol–water partition coefficient (Wildman–Crippen LogP) is 2.16. The lowest BCUT2D eigenvalue weighted by atomic mass is 10.2. The van der Waals surface area contributed by atoms with Crippen LogP contribution in [0, 0.1) is 0 Å². The molecular weight excluding hydrogens is 358 g/mol. The van der Waals surface area contributed by atoms with Crippen LogP contribution in [0.25, 0.3) is 0 Å². The van der Waals surface area contributed by atoms with Crippen molar-refractivity contribution in [3.05, 3.63) is 41.6 Å². The maximum Gasteiger partial charge on any atom is 0.338 e. The van der Waals surface area contributed by atoms with Crippen LogP contribution in [0.3, 0.4) is 0 Å². The molecular formula is C17H21N3O5S. The Bertz CT molecular complexity index is 855. The Morgan fingerprint density at radius 2 is 1.77 bits per heavy atom. The first kappa shape index (κ1) is 18.5. The summed E-state index contributed by atoms with van der Waals surface area (Å²) in [5.74, 6) is 0.117. The number of hydrogen-bond acceptors (Lipinski definition) is 7. The zero-order valence-electron chi connectivity index (χ0n) is 14.6. The molecule has 1 saturated heterocycles. The van der Waals surface area contributed by atoms with Crippen molar-refractivity contribution >= 4 is 16.0 Å². The van der Waals surface area contributed by atoms with Gasteiger partial charge in [0.25, 0.3) is 5.89 Å². The molecule has 0 aliphatic carbocycles. The van der Waals surface area contributed by atoms with Gasteiger partial charge in [-0.25, -0.2) is 13.2 Å². The maximum absolute atomic E-state index is 12.6.